The Morgan fingerprint density at radius 2 is 2.00 bits per heavy atom. The molecule has 0 bridgehead atoms. The smallest absolute Gasteiger partial charge is 0.475 e. The number of aliphatic carboxylic acids is 1. The number of rotatable bonds is 4. The first-order valence-corrected chi connectivity index (χ1v) is 10.00. The quantitative estimate of drug-likeness (QED) is 0.750. The summed E-state index contributed by atoms with van der Waals surface area (Å²) in [6.45, 7) is 0.561. The van der Waals surface area contributed by atoms with Crippen molar-refractivity contribution < 1.29 is 41.0 Å². The van der Waals surface area contributed by atoms with Gasteiger partial charge in [-0.3, -0.25) is 14.5 Å². The molecule has 1 saturated heterocycles. The molecule has 2 heterocycles. The zero-order valence-electron chi connectivity index (χ0n) is 14.6. The zero-order valence-corrected chi connectivity index (χ0v) is 15.4. The van der Waals surface area contributed by atoms with E-state index in [1.165, 1.54) is 6.20 Å². The Bertz CT molecular complexity index is 800. The molecule has 1 amide bonds. The maximum atomic E-state index is 12.2. The fraction of sp³-hybridized carbons (Fsp3) is 0.562. The Labute approximate surface area is 159 Å². The first-order valence-electron chi connectivity index (χ1n) is 8.34. The lowest BCUT2D eigenvalue weighted by Gasteiger charge is -2.16. The fourth-order valence-electron chi connectivity index (χ4n) is 3.24. The Hall–Kier alpha value is -2.21. The molecule has 1 aromatic heterocycles. The van der Waals surface area contributed by atoms with Crippen LogP contribution in [-0.4, -0.2) is 49.3 Å². The molecule has 12 heteroatoms. The maximum absolute atomic E-state index is 12.2. The molecule has 1 aliphatic heterocycles. The van der Waals surface area contributed by atoms with Gasteiger partial charge < -0.3 is 9.84 Å². The summed E-state index contributed by atoms with van der Waals surface area (Å²) < 4.78 is 63.5. The summed E-state index contributed by atoms with van der Waals surface area (Å²) >= 11 is 0. The van der Waals surface area contributed by atoms with Gasteiger partial charge in [0.05, 0.1) is 12.4 Å². The molecule has 3 atom stereocenters. The number of hydrogen-bond donors (Lipinski definition) is 2. The Balaban J connectivity index is 0.000000345. The number of nitrogens with zero attached hydrogens (tertiary/aromatic N) is 1. The van der Waals surface area contributed by atoms with Crippen molar-refractivity contribution in [2.75, 3.05) is 6.61 Å². The van der Waals surface area contributed by atoms with Gasteiger partial charge in [0.25, 0.3) is 5.91 Å². The second-order valence-corrected chi connectivity index (χ2v) is 8.22. The summed E-state index contributed by atoms with van der Waals surface area (Å²) in [5.74, 6) is -2.98. The van der Waals surface area contributed by atoms with Gasteiger partial charge in [-0.2, -0.15) is 13.2 Å². The second kappa shape index (κ2) is 8.86. The van der Waals surface area contributed by atoms with Gasteiger partial charge in [0.15, 0.2) is 0 Å². The van der Waals surface area contributed by atoms with Crippen LogP contribution >= 0.6 is 0 Å². The van der Waals surface area contributed by atoms with E-state index in [1.807, 2.05) is 0 Å². The van der Waals surface area contributed by atoms with Crippen LogP contribution in [-0.2, 0) is 30.1 Å². The predicted molar refractivity (Wildman–Crippen MR) is 89.3 cm³/mol. The van der Waals surface area contributed by atoms with Gasteiger partial charge in [-0.25, -0.2) is 13.2 Å². The molecule has 0 aromatic carbocycles. The molecule has 2 aliphatic rings. The molecule has 0 radical (unpaired) electrons. The van der Waals surface area contributed by atoms with Crippen LogP contribution in [0.3, 0.4) is 0 Å². The molecule has 1 aliphatic carbocycles. The number of hydrogen-bond acceptors (Lipinski definition) is 6. The summed E-state index contributed by atoms with van der Waals surface area (Å²) in [4.78, 5) is 24.9. The molecule has 2 N–H and O–H groups in total. The molecule has 28 heavy (non-hydrogen) atoms. The van der Waals surface area contributed by atoms with Crippen LogP contribution in [0, 0.1) is 11.8 Å². The SMILES string of the molecule is O=C(NS(=O)(=O)Cc1cccnc1)[C@@H]1OC[C@@H]2CCC[C@@H]21.O=C(O)C(F)(F)F. The molecule has 3 rings (SSSR count). The minimum absolute atomic E-state index is 0.165. The van der Waals surface area contributed by atoms with Crippen molar-refractivity contribution in [3.8, 4) is 0 Å². The van der Waals surface area contributed by atoms with E-state index in [4.69, 9.17) is 14.6 Å². The standard InChI is InChI=1S/C14H18N2O4S.C2HF3O2/c17-14(13-12-5-1-4-11(12)8-20-13)16-21(18,19)9-10-3-2-6-15-7-10;3-2(4,5)1(6)7/h2-3,6-7,11-13H,1,4-5,8-9H2,(H,16,17);(H,6,7)/t11-,12-,13+;/m0./s1. The molecular weight excluding hydrogens is 405 g/mol. The summed E-state index contributed by atoms with van der Waals surface area (Å²) in [6, 6.07) is 3.33. The minimum atomic E-state index is -5.08. The van der Waals surface area contributed by atoms with Crippen LogP contribution < -0.4 is 4.72 Å². The largest absolute Gasteiger partial charge is 0.490 e. The highest BCUT2D eigenvalue weighted by Gasteiger charge is 2.44. The van der Waals surface area contributed by atoms with Crippen molar-refractivity contribution in [3.63, 3.8) is 0 Å². The van der Waals surface area contributed by atoms with Gasteiger partial charge in [-0.1, -0.05) is 12.5 Å². The van der Waals surface area contributed by atoms with Crippen molar-refractivity contribution in [1.82, 2.24) is 9.71 Å². The molecule has 2 fully saturated rings. The van der Waals surface area contributed by atoms with Gasteiger partial charge in [-0.05, 0) is 36.3 Å². The van der Waals surface area contributed by atoms with E-state index in [9.17, 15) is 26.4 Å². The van der Waals surface area contributed by atoms with Gasteiger partial charge >= 0.3 is 12.1 Å². The predicted octanol–water partition coefficient (Wildman–Crippen LogP) is 1.48. The number of sulfonamides is 1. The number of aromatic nitrogens is 1. The number of fused-ring (bicyclic) bond motifs is 1. The third kappa shape index (κ3) is 6.16. The van der Waals surface area contributed by atoms with Crippen LogP contribution in [0.2, 0.25) is 0 Å². The van der Waals surface area contributed by atoms with Crippen molar-refractivity contribution in [3.05, 3.63) is 30.1 Å². The topological polar surface area (TPSA) is 123 Å². The third-order valence-electron chi connectivity index (χ3n) is 4.43. The molecule has 0 spiro atoms. The van der Waals surface area contributed by atoms with Crippen LogP contribution in [0.1, 0.15) is 24.8 Å². The molecule has 1 aromatic rings. The number of alkyl halides is 3. The molecule has 156 valence electrons. The maximum Gasteiger partial charge on any atom is 0.490 e. The van der Waals surface area contributed by atoms with Crippen LogP contribution in [0.25, 0.3) is 0 Å². The fourth-order valence-corrected chi connectivity index (χ4v) is 4.35. The summed E-state index contributed by atoms with van der Waals surface area (Å²) in [6.07, 6.45) is 0.429. The first kappa shape index (κ1) is 22.1. The number of carboxylic acid groups (broad SMARTS) is 1. The van der Waals surface area contributed by atoms with E-state index in [0.29, 0.717) is 18.1 Å². The van der Waals surface area contributed by atoms with Gasteiger partial charge in [0, 0.05) is 12.4 Å². The lowest BCUT2D eigenvalue weighted by atomic mass is 9.94. The average molecular weight is 424 g/mol. The molecule has 1 saturated carbocycles. The Kier molecular flexibility index (Phi) is 6.99. The molecule has 8 nitrogen and oxygen atoms in total. The van der Waals surface area contributed by atoms with E-state index < -0.39 is 34.2 Å². The summed E-state index contributed by atoms with van der Waals surface area (Å²) in [5.41, 5.74) is 0.545. The van der Waals surface area contributed by atoms with Crippen molar-refractivity contribution in [2.24, 2.45) is 11.8 Å². The number of carbonyl (C=O) groups excluding carboxylic acids is 1. The number of pyridine rings is 1. The highest BCUT2D eigenvalue weighted by Crippen LogP contribution is 2.40. The minimum Gasteiger partial charge on any atom is -0.475 e. The Morgan fingerprint density at radius 1 is 1.32 bits per heavy atom. The third-order valence-corrected chi connectivity index (χ3v) is 5.66. The normalized spacial score (nSPS) is 24.0. The van der Waals surface area contributed by atoms with Crippen molar-refractivity contribution in [2.45, 2.75) is 37.3 Å². The van der Waals surface area contributed by atoms with Crippen molar-refractivity contribution >= 4 is 21.9 Å². The van der Waals surface area contributed by atoms with E-state index >= 15 is 0 Å². The molecular formula is C16H19F3N2O6S. The first-order chi connectivity index (χ1) is 13.0. The Morgan fingerprint density at radius 3 is 2.57 bits per heavy atom. The van der Waals surface area contributed by atoms with E-state index in [2.05, 4.69) is 9.71 Å². The van der Waals surface area contributed by atoms with Gasteiger partial charge in [0.2, 0.25) is 10.0 Å². The van der Waals surface area contributed by atoms with E-state index in [-0.39, 0.29) is 11.7 Å². The lowest BCUT2D eigenvalue weighted by Crippen LogP contribution is -2.41. The number of carbonyl (C=O) groups is 2. The number of amides is 1. The number of nitrogens with one attached hydrogen (secondary N) is 1. The van der Waals surface area contributed by atoms with E-state index in [1.54, 1.807) is 18.3 Å². The molecule has 0 unspecified atom stereocenters. The number of ether oxygens (including phenoxy) is 1. The van der Waals surface area contributed by atoms with E-state index in [0.717, 1.165) is 19.3 Å². The number of carboxylic acids is 1. The zero-order chi connectivity index (χ0) is 20.9. The van der Waals surface area contributed by atoms with Gasteiger partial charge in [0.1, 0.15) is 6.10 Å². The number of halogens is 3. The monoisotopic (exact) mass is 424 g/mol. The summed E-state index contributed by atoms with van der Waals surface area (Å²) in [7, 11) is -3.72. The van der Waals surface area contributed by atoms with Crippen molar-refractivity contribution in [1.29, 1.82) is 0 Å². The summed E-state index contributed by atoms with van der Waals surface area (Å²) in [5, 5.41) is 7.12. The van der Waals surface area contributed by atoms with Crippen LogP contribution in [0.5, 0.6) is 0 Å². The van der Waals surface area contributed by atoms with Crippen LogP contribution in [0.15, 0.2) is 24.5 Å². The highest BCUT2D eigenvalue weighted by atomic mass is 32.2. The average Bonchev–Trinajstić information content (AvgIpc) is 3.17. The highest BCUT2D eigenvalue weighted by molar-refractivity contribution is 7.89. The van der Waals surface area contributed by atoms with Crippen LogP contribution in [0.4, 0.5) is 13.2 Å². The van der Waals surface area contributed by atoms with Gasteiger partial charge in [-0.15, -0.1) is 0 Å². The lowest BCUT2D eigenvalue weighted by molar-refractivity contribution is -0.192. The second-order valence-electron chi connectivity index (χ2n) is 6.50.